The van der Waals surface area contributed by atoms with E-state index < -0.39 is 0 Å². The first-order chi connectivity index (χ1) is 13.5. The lowest BCUT2D eigenvalue weighted by molar-refractivity contribution is -0.133. The molecule has 2 heterocycles. The number of hydrogen-bond acceptors (Lipinski definition) is 4. The van der Waals surface area contributed by atoms with Crippen LogP contribution < -0.4 is 0 Å². The molecule has 3 aromatic rings. The summed E-state index contributed by atoms with van der Waals surface area (Å²) in [5.41, 5.74) is 1.01. The number of benzene rings is 1. The van der Waals surface area contributed by atoms with Gasteiger partial charge in [-0.2, -0.15) is 0 Å². The second-order valence-corrected chi connectivity index (χ2v) is 6.82. The minimum atomic E-state index is -0.300. The van der Waals surface area contributed by atoms with Crippen LogP contribution >= 0.6 is 0 Å². The number of carbonyl (C=O) groups excluding carboxylic acids is 2. The molecule has 0 aliphatic rings. The lowest BCUT2D eigenvalue weighted by atomic mass is 10.2. The molecule has 0 radical (unpaired) electrons. The summed E-state index contributed by atoms with van der Waals surface area (Å²) in [7, 11) is 0. The summed E-state index contributed by atoms with van der Waals surface area (Å²) in [6.45, 7) is 4.48. The highest BCUT2D eigenvalue weighted by molar-refractivity contribution is 5.94. The van der Waals surface area contributed by atoms with Crippen LogP contribution in [0.25, 0.3) is 0 Å². The van der Waals surface area contributed by atoms with Crippen LogP contribution in [0.5, 0.6) is 0 Å². The summed E-state index contributed by atoms with van der Waals surface area (Å²) in [5, 5.41) is 0. The molecule has 0 aliphatic carbocycles. The molecular weight excluding hydrogens is 356 g/mol. The van der Waals surface area contributed by atoms with Crippen LogP contribution in [0.4, 0.5) is 0 Å². The van der Waals surface area contributed by atoms with E-state index in [1.54, 1.807) is 29.4 Å². The molecule has 0 N–H and O–H groups in total. The molecule has 1 aromatic carbocycles. The number of carbonyl (C=O) groups is 2. The van der Waals surface area contributed by atoms with Crippen LogP contribution in [0.2, 0.25) is 0 Å². The lowest BCUT2D eigenvalue weighted by Gasteiger charge is -2.29. The number of furan rings is 2. The van der Waals surface area contributed by atoms with E-state index in [9.17, 15) is 9.59 Å². The third kappa shape index (κ3) is 4.91. The molecule has 0 bridgehead atoms. The maximum Gasteiger partial charge on any atom is 0.290 e. The van der Waals surface area contributed by atoms with Gasteiger partial charge in [0.2, 0.25) is 5.91 Å². The number of nitrogens with zero attached hydrogens (tertiary/aromatic N) is 2. The predicted molar refractivity (Wildman–Crippen MR) is 104 cm³/mol. The molecule has 0 spiro atoms. The molecule has 0 saturated heterocycles. The zero-order chi connectivity index (χ0) is 19.9. The van der Waals surface area contributed by atoms with Crippen molar-refractivity contribution in [2.45, 2.75) is 33.0 Å². The topological polar surface area (TPSA) is 66.9 Å². The molecular formula is C22H24N2O4. The van der Waals surface area contributed by atoms with E-state index in [1.807, 2.05) is 50.2 Å². The minimum Gasteiger partial charge on any atom is -0.467 e. The zero-order valence-corrected chi connectivity index (χ0v) is 16.1. The average molecular weight is 380 g/mol. The highest BCUT2D eigenvalue weighted by atomic mass is 16.3. The van der Waals surface area contributed by atoms with E-state index in [-0.39, 0.29) is 30.2 Å². The van der Waals surface area contributed by atoms with Gasteiger partial charge in [-0.15, -0.1) is 0 Å². The van der Waals surface area contributed by atoms with Crippen LogP contribution in [-0.2, 0) is 17.9 Å². The van der Waals surface area contributed by atoms with Gasteiger partial charge in [-0.3, -0.25) is 9.59 Å². The summed E-state index contributed by atoms with van der Waals surface area (Å²) in [6.07, 6.45) is 3.04. The van der Waals surface area contributed by atoms with Crippen molar-refractivity contribution in [3.63, 3.8) is 0 Å². The Morgan fingerprint density at radius 3 is 2.21 bits per heavy atom. The Bertz CT molecular complexity index is 871. The highest BCUT2D eigenvalue weighted by Gasteiger charge is 2.26. The molecule has 6 nitrogen and oxygen atoms in total. The molecule has 28 heavy (non-hydrogen) atoms. The molecule has 3 rings (SSSR count). The van der Waals surface area contributed by atoms with Crippen molar-refractivity contribution in [2.75, 3.05) is 6.54 Å². The maximum atomic E-state index is 13.1. The first kappa shape index (κ1) is 19.5. The van der Waals surface area contributed by atoms with E-state index >= 15 is 0 Å². The van der Waals surface area contributed by atoms with Crippen molar-refractivity contribution in [1.29, 1.82) is 0 Å². The van der Waals surface area contributed by atoms with Gasteiger partial charge >= 0.3 is 0 Å². The predicted octanol–water partition coefficient (Wildman–Crippen LogP) is 3.95. The fourth-order valence-corrected chi connectivity index (χ4v) is 2.90. The molecule has 146 valence electrons. The van der Waals surface area contributed by atoms with Gasteiger partial charge in [-0.1, -0.05) is 30.3 Å². The van der Waals surface area contributed by atoms with Crippen LogP contribution in [0.1, 0.15) is 35.7 Å². The maximum absolute atomic E-state index is 13.1. The van der Waals surface area contributed by atoms with Gasteiger partial charge in [-0.05, 0) is 43.7 Å². The molecule has 0 fully saturated rings. The van der Waals surface area contributed by atoms with Crippen LogP contribution in [-0.4, -0.2) is 34.2 Å². The monoisotopic (exact) mass is 380 g/mol. The molecule has 0 aliphatic heterocycles. The van der Waals surface area contributed by atoms with Gasteiger partial charge in [0.25, 0.3) is 5.91 Å². The normalized spacial score (nSPS) is 10.8. The van der Waals surface area contributed by atoms with Crippen LogP contribution in [0.3, 0.4) is 0 Å². The standard InChI is InChI=1S/C22H24N2O4/c1-17(2)24(22(26)20-11-7-13-28-20)16-21(25)23(15-19-10-6-12-27-19)14-18-8-4-3-5-9-18/h3-13,17H,14-16H2,1-2H3. The Morgan fingerprint density at radius 2 is 1.61 bits per heavy atom. The van der Waals surface area contributed by atoms with Crippen LogP contribution in [0, 0.1) is 0 Å². The average Bonchev–Trinajstić information content (AvgIpc) is 3.39. The van der Waals surface area contributed by atoms with Crippen molar-refractivity contribution in [1.82, 2.24) is 9.80 Å². The summed E-state index contributed by atoms with van der Waals surface area (Å²) < 4.78 is 10.6. The van der Waals surface area contributed by atoms with E-state index in [0.29, 0.717) is 18.8 Å². The lowest BCUT2D eigenvalue weighted by Crippen LogP contribution is -2.45. The van der Waals surface area contributed by atoms with E-state index in [4.69, 9.17) is 8.83 Å². The van der Waals surface area contributed by atoms with Gasteiger partial charge in [-0.25, -0.2) is 0 Å². The minimum absolute atomic E-state index is 0.0370. The SMILES string of the molecule is CC(C)N(CC(=O)N(Cc1ccccc1)Cc1ccco1)C(=O)c1ccco1. The summed E-state index contributed by atoms with van der Waals surface area (Å²) in [5.74, 6) is 0.458. The number of hydrogen-bond donors (Lipinski definition) is 0. The molecule has 0 atom stereocenters. The molecule has 0 unspecified atom stereocenters. The second-order valence-electron chi connectivity index (χ2n) is 6.82. The Balaban J connectivity index is 1.77. The zero-order valence-electron chi connectivity index (χ0n) is 16.1. The fourth-order valence-electron chi connectivity index (χ4n) is 2.90. The molecule has 2 amide bonds. The van der Waals surface area contributed by atoms with Gasteiger partial charge in [0, 0.05) is 12.6 Å². The Kier molecular flexibility index (Phi) is 6.32. The van der Waals surface area contributed by atoms with Gasteiger partial charge in [0.1, 0.15) is 12.3 Å². The molecule has 0 saturated carbocycles. The summed E-state index contributed by atoms with van der Waals surface area (Å²) in [6, 6.07) is 16.5. The third-order valence-electron chi connectivity index (χ3n) is 4.42. The Hall–Kier alpha value is -3.28. The van der Waals surface area contributed by atoms with Crippen molar-refractivity contribution < 1.29 is 18.4 Å². The number of amides is 2. The number of rotatable bonds is 8. The quantitative estimate of drug-likeness (QED) is 0.593. The van der Waals surface area contributed by atoms with Crippen molar-refractivity contribution in [2.24, 2.45) is 0 Å². The summed E-state index contributed by atoms with van der Waals surface area (Å²) in [4.78, 5) is 29.1. The van der Waals surface area contributed by atoms with E-state index in [1.165, 1.54) is 11.2 Å². The Labute approximate surface area is 164 Å². The smallest absolute Gasteiger partial charge is 0.290 e. The van der Waals surface area contributed by atoms with E-state index in [2.05, 4.69) is 0 Å². The summed E-state index contributed by atoms with van der Waals surface area (Å²) >= 11 is 0. The van der Waals surface area contributed by atoms with E-state index in [0.717, 1.165) is 5.56 Å². The molecule has 6 heteroatoms. The largest absolute Gasteiger partial charge is 0.467 e. The fraction of sp³-hybridized carbons (Fsp3) is 0.273. The first-order valence-electron chi connectivity index (χ1n) is 9.23. The first-order valence-corrected chi connectivity index (χ1v) is 9.23. The second kappa shape index (κ2) is 9.08. The highest BCUT2D eigenvalue weighted by Crippen LogP contribution is 2.14. The molecule has 2 aromatic heterocycles. The van der Waals surface area contributed by atoms with Crippen molar-refractivity contribution in [3.8, 4) is 0 Å². The van der Waals surface area contributed by atoms with Gasteiger partial charge in [0.05, 0.1) is 19.1 Å². The van der Waals surface area contributed by atoms with Gasteiger partial charge < -0.3 is 18.6 Å². The van der Waals surface area contributed by atoms with Crippen LogP contribution in [0.15, 0.2) is 76.0 Å². The van der Waals surface area contributed by atoms with Crippen molar-refractivity contribution in [3.05, 3.63) is 84.2 Å². The van der Waals surface area contributed by atoms with Gasteiger partial charge in [0.15, 0.2) is 5.76 Å². The van der Waals surface area contributed by atoms with Crippen molar-refractivity contribution >= 4 is 11.8 Å². The Morgan fingerprint density at radius 1 is 0.893 bits per heavy atom. The third-order valence-corrected chi connectivity index (χ3v) is 4.42.